The SMILES string of the molecule is C=C(CCc1ccccc1)CC[C@@H](C)O. The normalized spacial score (nSPS) is 12.4. The molecule has 0 spiro atoms. The Morgan fingerprint density at radius 3 is 2.53 bits per heavy atom. The number of hydrogen-bond acceptors (Lipinski definition) is 1. The third-order valence-corrected chi connectivity index (χ3v) is 2.53. The highest BCUT2D eigenvalue weighted by Crippen LogP contribution is 2.13. The second-order valence-electron chi connectivity index (χ2n) is 4.12. The molecule has 0 aromatic heterocycles. The molecule has 0 amide bonds. The molecule has 0 aliphatic heterocycles. The van der Waals surface area contributed by atoms with E-state index >= 15 is 0 Å². The number of rotatable bonds is 6. The Labute approximate surface area is 92.5 Å². The Balaban J connectivity index is 2.23. The van der Waals surface area contributed by atoms with Crippen molar-refractivity contribution < 1.29 is 5.11 Å². The Morgan fingerprint density at radius 2 is 1.93 bits per heavy atom. The summed E-state index contributed by atoms with van der Waals surface area (Å²) in [7, 11) is 0. The van der Waals surface area contributed by atoms with Gasteiger partial charge in [-0.05, 0) is 38.2 Å². The largest absolute Gasteiger partial charge is 0.393 e. The molecular formula is C14H20O. The highest BCUT2D eigenvalue weighted by atomic mass is 16.3. The van der Waals surface area contributed by atoms with Crippen molar-refractivity contribution in [2.45, 2.75) is 38.7 Å². The van der Waals surface area contributed by atoms with Crippen molar-refractivity contribution in [3.8, 4) is 0 Å². The van der Waals surface area contributed by atoms with Gasteiger partial charge in [-0.1, -0.05) is 42.5 Å². The van der Waals surface area contributed by atoms with Gasteiger partial charge in [-0.25, -0.2) is 0 Å². The molecule has 1 heteroatoms. The van der Waals surface area contributed by atoms with Gasteiger partial charge in [-0.3, -0.25) is 0 Å². The Morgan fingerprint density at radius 1 is 1.27 bits per heavy atom. The van der Waals surface area contributed by atoms with E-state index in [0.717, 1.165) is 25.7 Å². The van der Waals surface area contributed by atoms with Crippen LogP contribution in [0.5, 0.6) is 0 Å². The molecule has 82 valence electrons. The number of allylic oxidation sites excluding steroid dienone is 1. The maximum atomic E-state index is 9.15. The zero-order valence-corrected chi connectivity index (χ0v) is 9.45. The van der Waals surface area contributed by atoms with E-state index in [1.54, 1.807) is 0 Å². The number of aliphatic hydroxyl groups is 1. The fourth-order valence-electron chi connectivity index (χ4n) is 1.50. The van der Waals surface area contributed by atoms with Crippen LogP contribution in [0.25, 0.3) is 0 Å². The maximum absolute atomic E-state index is 9.15. The monoisotopic (exact) mass is 204 g/mol. The van der Waals surface area contributed by atoms with Gasteiger partial charge in [0.05, 0.1) is 6.10 Å². The van der Waals surface area contributed by atoms with Crippen LogP contribution in [0, 0.1) is 0 Å². The van der Waals surface area contributed by atoms with Gasteiger partial charge in [0, 0.05) is 0 Å². The second kappa shape index (κ2) is 6.41. The van der Waals surface area contributed by atoms with Crippen molar-refractivity contribution in [1.29, 1.82) is 0 Å². The van der Waals surface area contributed by atoms with Gasteiger partial charge in [0.1, 0.15) is 0 Å². The zero-order valence-electron chi connectivity index (χ0n) is 9.45. The van der Waals surface area contributed by atoms with E-state index in [2.05, 4.69) is 30.8 Å². The molecule has 0 saturated heterocycles. The first kappa shape index (κ1) is 12.0. The lowest BCUT2D eigenvalue weighted by atomic mass is 10.0. The highest BCUT2D eigenvalue weighted by molar-refractivity contribution is 5.16. The molecule has 1 aromatic carbocycles. The average Bonchev–Trinajstić information content (AvgIpc) is 2.25. The summed E-state index contributed by atoms with van der Waals surface area (Å²) in [6.45, 7) is 5.85. The summed E-state index contributed by atoms with van der Waals surface area (Å²) in [6.07, 6.45) is 3.63. The van der Waals surface area contributed by atoms with E-state index < -0.39 is 0 Å². The van der Waals surface area contributed by atoms with E-state index in [-0.39, 0.29) is 6.10 Å². The smallest absolute Gasteiger partial charge is 0.0515 e. The molecule has 1 aromatic rings. The van der Waals surface area contributed by atoms with Crippen molar-refractivity contribution in [2.75, 3.05) is 0 Å². The van der Waals surface area contributed by atoms with E-state index in [4.69, 9.17) is 5.11 Å². The summed E-state index contributed by atoms with van der Waals surface area (Å²) >= 11 is 0. The first-order chi connectivity index (χ1) is 7.18. The minimum absolute atomic E-state index is 0.210. The Kier molecular flexibility index (Phi) is 5.13. The number of benzene rings is 1. The molecule has 0 aliphatic carbocycles. The van der Waals surface area contributed by atoms with Crippen molar-refractivity contribution in [3.63, 3.8) is 0 Å². The van der Waals surface area contributed by atoms with Gasteiger partial charge in [0.2, 0.25) is 0 Å². The number of aryl methyl sites for hydroxylation is 1. The van der Waals surface area contributed by atoms with Crippen LogP contribution in [0.4, 0.5) is 0 Å². The maximum Gasteiger partial charge on any atom is 0.0515 e. The van der Waals surface area contributed by atoms with Gasteiger partial charge in [-0.2, -0.15) is 0 Å². The van der Waals surface area contributed by atoms with E-state index in [1.165, 1.54) is 11.1 Å². The summed E-state index contributed by atoms with van der Waals surface area (Å²) in [5.41, 5.74) is 2.59. The molecule has 0 aliphatic rings. The van der Waals surface area contributed by atoms with E-state index in [0.29, 0.717) is 0 Å². The van der Waals surface area contributed by atoms with Crippen LogP contribution < -0.4 is 0 Å². The fourth-order valence-corrected chi connectivity index (χ4v) is 1.50. The van der Waals surface area contributed by atoms with E-state index in [9.17, 15) is 0 Å². The quantitative estimate of drug-likeness (QED) is 0.705. The third-order valence-electron chi connectivity index (χ3n) is 2.53. The lowest BCUT2D eigenvalue weighted by Crippen LogP contribution is -1.99. The van der Waals surface area contributed by atoms with Gasteiger partial charge in [0.25, 0.3) is 0 Å². The molecule has 0 heterocycles. The topological polar surface area (TPSA) is 20.2 Å². The summed E-state index contributed by atoms with van der Waals surface area (Å²) in [5, 5.41) is 9.15. The number of hydrogen-bond donors (Lipinski definition) is 1. The molecule has 1 atom stereocenters. The molecule has 1 nitrogen and oxygen atoms in total. The van der Waals surface area contributed by atoms with Gasteiger partial charge >= 0.3 is 0 Å². The third kappa shape index (κ3) is 5.38. The van der Waals surface area contributed by atoms with Crippen molar-refractivity contribution in [3.05, 3.63) is 48.0 Å². The molecule has 0 unspecified atom stereocenters. The lowest BCUT2D eigenvalue weighted by molar-refractivity contribution is 0.184. The van der Waals surface area contributed by atoms with Crippen LogP contribution in [-0.4, -0.2) is 11.2 Å². The summed E-state index contributed by atoms with van der Waals surface area (Å²) in [4.78, 5) is 0. The number of aliphatic hydroxyl groups excluding tert-OH is 1. The molecule has 1 rings (SSSR count). The predicted molar refractivity (Wildman–Crippen MR) is 64.8 cm³/mol. The van der Waals surface area contributed by atoms with Crippen LogP contribution in [0.3, 0.4) is 0 Å². The summed E-state index contributed by atoms with van der Waals surface area (Å²) in [5.74, 6) is 0. The molecule has 0 radical (unpaired) electrons. The zero-order chi connectivity index (χ0) is 11.1. The van der Waals surface area contributed by atoms with Crippen molar-refractivity contribution in [2.24, 2.45) is 0 Å². The van der Waals surface area contributed by atoms with Gasteiger partial charge in [-0.15, -0.1) is 0 Å². The molecule has 0 fully saturated rings. The van der Waals surface area contributed by atoms with E-state index in [1.807, 2.05) is 13.0 Å². The molecule has 0 saturated carbocycles. The average molecular weight is 204 g/mol. The minimum atomic E-state index is -0.210. The first-order valence-corrected chi connectivity index (χ1v) is 5.57. The predicted octanol–water partition coefficient (Wildman–Crippen LogP) is 3.34. The fraction of sp³-hybridized carbons (Fsp3) is 0.429. The summed E-state index contributed by atoms with van der Waals surface area (Å²) < 4.78 is 0. The lowest BCUT2D eigenvalue weighted by Gasteiger charge is -2.07. The van der Waals surface area contributed by atoms with Crippen LogP contribution in [0.1, 0.15) is 31.7 Å². The Hall–Kier alpha value is -1.08. The Bertz CT molecular complexity index is 287. The van der Waals surface area contributed by atoms with Crippen molar-refractivity contribution >= 4 is 0 Å². The van der Waals surface area contributed by atoms with Crippen molar-refractivity contribution in [1.82, 2.24) is 0 Å². The highest BCUT2D eigenvalue weighted by Gasteiger charge is 1.99. The first-order valence-electron chi connectivity index (χ1n) is 5.57. The van der Waals surface area contributed by atoms with Crippen LogP contribution in [-0.2, 0) is 6.42 Å². The van der Waals surface area contributed by atoms with Gasteiger partial charge in [0.15, 0.2) is 0 Å². The second-order valence-corrected chi connectivity index (χ2v) is 4.12. The van der Waals surface area contributed by atoms with Crippen LogP contribution >= 0.6 is 0 Å². The molecule has 0 bridgehead atoms. The molecule has 1 N–H and O–H groups in total. The standard InChI is InChI=1S/C14H20O/c1-12(8-10-13(2)15)9-11-14-6-4-3-5-7-14/h3-7,13,15H,1,8-11H2,2H3/t13-/m1/s1. The van der Waals surface area contributed by atoms with Crippen LogP contribution in [0.15, 0.2) is 42.5 Å². The molecule has 15 heavy (non-hydrogen) atoms. The molecular weight excluding hydrogens is 184 g/mol. The van der Waals surface area contributed by atoms with Gasteiger partial charge < -0.3 is 5.11 Å². The summed E-state index contributed by atoms with van der Waals surface area (Å²) in [6, 6.07) is 10.4. The minimum Gasteiger partial charge on any atom is -0.393 e. The van der Waals surface area contributed by atoms with Crippen LogP contribution in [0.2, 0.25) is 0 Å².